The highest BCUT2D eigenvalue weighted by atomic mass is 16.5. The number of ether oxygens (including phenoxy) is 1. The van der Waals surface area contributed by atoms with Crippen molar-refractivity contribution in [3.63, 3.8) is 0 Å². The summed E-state index contributed by atoms with van der Waals surface area (Å²) in [4.78, 5) is 99.7. The van der Waals surface area contributed by atoms with Crippen molar-refractivity contribution in [2.75, 3.05) is 75.0 Å². The molecule has 4 heterocycles. The lowest BCUT2D eigenvalue weighted by atomic mass is 9.86. The van der Waals surface area contributed by atoms with E-state index >= 15 is 0 Å². The Labute approximate surface area is 416 Å². The van der Waals surface area contributed by atoms with Crippen LogP contribution in [0.25, 0.3) is 11.3 Å². The number of aromatic nitrogens is 2. The fraction of sp³-hybridized carbons (Fsp3) is 0.358. The molecule has 0 bridgehead atoms. The predicted molar refractivity (Wildman–Crippen MR) is 271 cm³/mol. The molecule has 6 amide bonds. The number of fused-ring (bicyclic) bond motifs is 1. The van der Waals surface area contributed by atoms with Gasteiger partial charge in [-0.1, -0.05) is 51.1 Å². The van der Waals surface area contributed by atoms with Gasteiger partial charge in [-0.3, -0.25) is 48.7 Å². The third kappa shape index (κ3) is 11.4. The van der Waals surface area contributed by atoms with Crippen molar-refractivity contribution in [2.45, 2.75) is 58.2 Å². The molecule has 2 saturated heterocycles. The third-order valence-electron chi connectivity index (χ3n) is 13.2. The zero-order valence-corrected chi connectivity index (χ0v) is 41.0. The van der Waals surface area contributed by atoms with Crippen molar-refractivity contribution in [2.24, 2.45) is 7.05 Å². The quantitative estimate of drug-likeness (QED) is 0.0599. The minimum atomic E-state index is -1.43. The van der Waals surface area contributed by atoms with Gasteiger partial charge in [-0.15, -0.1) is 0 Å². The van der Waals surface area contributed by atoms with Gasteiger partial charge in [0.05, 0.1) is 25.5 Å². The summed E-state index contributed by atoms with van der Waals surface area (Å²) < 4.78 is 7.23. The number of anilines is 4. The Morgan fingerprint density at radius 1 is 0.847 bits per heavy atom. The number of hydrogen-bond acceptors (Lipinski definition) is 13. The molecular weight excluding hydrogens is 921 g/mol. The zero-order valence-electron chi connectivity index (χ0n) is 41.0. The maximum absolute atomic E-state index is 13.5. The van der Waals surface area contributed by atoms with E-state index in [0.717, 1.165) is 21.6 Å². The number of piperidine rings is 1. The average molecular weight is 981 g/mol. The predicted octanol–water partition coefficient (Wildman–Crippen LogP) is 4.30. The molecular formula is C53H60N10O9. The van der Waals surface area contributed by atoms with Crippen LogP contribution in [0.15, 0.2) is 95.9 Å². The number of aryl methyl sites for hydroxylation is 1. The molecule has 4 aromatic carbocycles. The minimum absolute atomic E-state index is 0.0302. The van der Waals surface area contributed by atoms with E-state index in [1.54, 1.807) is 55.7 Å². The summed E-state index contributed by atoms with van der Waals surface area (Å²) in [6, 6.07) is 23.9. The number of nitrogens with zero attached hydrogens (tertiary/aromatic N) is 5. The van der Waals surface area contributed by atoms with Crippen LogP contribution in [0.1, 0.15) is 87.6 Å². The van der Waals surface area contributed by atoms with Crippen LogP contribution in [-0.4, -0.2) is 130 Å². The lowest BCUT2D eigenvalue weighted by molar-refractivity contribution is -0.139. The second-order valence-electron chi connectivity index (χ2n) is 19.1. The highest BCUT2D eigenvalue weighted by molar-refractivity contribution is 6.07. The molecule has 1 aromatic heterocycles. The summed E-state index contributed by atoms with van der Waals surface area (Å²) in [5.74, 6) is -2.14. The number of benzene rings is 4. The van der Waals surface area contributed by atoms with Crippen molar-refractivity contribution in [3.8, 4) is 11.3 Å². The van der Waals surface area contributed by atoms with E-state index in [0.29, 0.717) is 73.2 Å². The first kappa shape index (κ1) is 50.6. The van der Waals surface area contributed by atoms with Crippen molar-refractivity contribution in [1.82, 2.24) is 34.9 Å². The number of hydrogen-bond donors (Lipinski definition) is 6. The summed E-state index contributed by atoms with van der Waals surface area (Å²) in [7, 11) is 1.65. The lowest BCUT2D eigenvalue weighted by Crippen LogP contribution is -2.53. The monoisotopic (exact) mass is 980 g/mol. The Bertz CT molecular complexity index is 2940. The van der Waals surface area contributed by atoms with Crippen LogP contribution in [0.4, 0.5) is 22.9 Å². The van der Waals surface area contributed by atoms with Crippen molar-refractivity contribution in [1.29, 1.82) is 0 Å². The second-order valence-corrected chi connectivity index (χ2v) is 19.1. The van der Waals surface area contributed by atoms with Gasteiger partial charge in [0.2, 0.25) is 17.7 Å². The number of rotatable bonds is 16. The van der Waals surface area contributed by atoms with E-state index in [2.05, 4.69) is 52.3 Å². The van der Waals surface area contributed by atoms with E-state index in [1.807, 2.05) is 54.3 Å². The Morgan fingerprint density at radius 3 is 2.22 bits per heavy atom. The number of piperazine rings is 1. The highest BCUT2D eigenvalue weighted by Gasteiger charge is 2.45. The highest BCUT2D eigenvalue weighted by Crippen LogP contribution is 2.39. The van der Waals surface area contributed by atoms with E-state index in [4.69, 9.17) is 9.72 Å². The summed E-state index contributed by atoms with van der Waals surface area (Å²) in [5, 5.41) is 25.2. The second kappa shape index (κ2) is 21.7. The van der Waals surface area contributed by atoms with Crippen LogP contribution in [-0.2, 0) is 31.6 Å². The molecule has 3 aliphatic heterocycles. The molecule has 19 nitrogen and oxygen atoms in total. The van der Waals surface area contributed by atoms with Crippen molar-refractivity contribution >= 4 is 58.3 Å². The summed E-state index contributed by atoms with van der Waals surface area (Å²) in [6.45, 7) is 12.2. The number of carbonyl (C=O) groups is 6. The third-order valence-corrected chi connectivity index (χ3v) is 13.2. The van der Waals surface area contributed by atoms with Gasteiger partial charge in [-0.05, 0) is 84.5 Å². The molecule has 72 heavy (non-hydrogen) atoms. The van der Waals surface area contributed by atoms with Gasteiger partial charge in [0.1, 0.15) is 6.04 Å². The van der Waals surface area contributed by atoms with Crippen LogP contribution in [0.2, 0.25) is 0 Å². The topological polar surface area (TPSA) is 237 Å². The number of amides is 6. The summed E-state index contributed by atoms with van der Waals surface area (Å²) >= 11 is 0. The van der Waals surface area contributed by atoms with Gasteiger partial charge < -0.3 is 40.6 Å². The molecule has 3 aliphatic rings. The van der Waals surface area contributed by atoms with Gasteiger partial charge in [-0.2, -0.15) is 0 Å². The lowest BCUT2D eigenvalue weighted by Gasteiger charge is -2.34. The molecule has 19 heteroatoms. The largest absolute Gasteiger partial charge is 0.378 e. The standard InChI is InChI=1S/C53H60N10O9/c1-32-37(8-6-10-39(32)58-47(66)33-12-16-35(17-13-33)53(2,3)4)41-31-60(5)52(71)46(57-41)56-36-18-14-34(15-19-36)49(68)62-25-23-61(24-26-62)27-29-72-28-22-54-44(65)30-55-40-11-7-9-38-45(40)51(70)63(50(38)69)42-20-21-43(64)59-48(42)67/h6-19,31,42,51,55,70H,20-30H2,1-5H3,(H,54,65)(H,56,57)(H,58,66)(H,59,64,67). The molecule has 6 N–H and O–H groups in total. The fourth-order valence-corrected chi connectivity index (χ4v) is 9.00. The van der Waals surface area contributed by atoms with Gasteiger partial charge in [0.25, 0.3) is 23.3 Å². The average Bonchev–Trinajstić information content (AvgIpc) is 3.62. The summed E-state index contributed by atoms with van der Waals surface area (Å²) in [5.41, 5.74) is 5.98. The zero-order chi connectivity index (χ0) is 51.3. The number of aliphatic hydroxyl groups excluding tert-OH is 1. The fourth-order valence-electron chi connectivity index (χ4n) is 9.00. The molecule has 2 atom stereocenters. The van der Waals surface area contributed by atoms with Crippen LogP contribution >= 0.6 is 0 Å². The maximum atomic E-state index is 13.5. The van der Waals surface area contributed by atoms with Gasteiger partial charge in [0, 0.05) is 104 Å². The van der Waals surface area contributed by atoms with E-state index in [1.165, 1.54) is 4.57 Å². The Hall–Kier alpha value is -7.74. The van der Waals surface area contributed by atoms with Gasteiger partial charge >= 0.3 is 0 Å². The summed E-state index contributed by atoms with van der Waals surface area (Å²) in [6.07, 6.45) is 0.390. The van der Waals surface area contributed by atoms with Crippen molar-refractivity contribution < 1.29 is 38.6 Å². The normalized spacial score (nSPS) is 17.1. The SMILES string of the molecule is Cc1c(NC(=O)c2ccc(C(C)(C)C)cc2)cccc1-c1cn(C)c(=O)c(Nc2ccc(C(=O)N3CCN(CCOCCNC(=O)CNc4cccc5c4C(O)N(C4CCC(=O)NC4=O)C5=O)CC3)cc2)n1. The molecule has 376 valence electrons. The first-order valence-corrected chi connectivity index (χ1v) is 24.0. The molecule has 2 fully saturated rings. The number of carbonyl (C=O) groups excluding carboxylic acids is 6. The molecule has 0 spiro atoms. The van der Waals surface area contributed by atoms with Crippen LogP contribution in [0.3, 0.4) is 0 Å². The molecule has 8 rings (SSSR count). The molecule has 2 unspecified atom stereocenters. The van der Waals surface area contributed by atoms with E-state index < -0.39 is 30.0 Å². The maximum Gasteiger partial charge on any atom is 0.293 e. The number of imide groups is 1. The van der Waals surface area contributed by atoms with Gasteiger partial charge in [-0.25, -0.2) is 4.98 Å². The van der Waals surface area contributed by atoms with Crippen LogP contribution in [0.5, 0.6) is 0 Å². The first-order chi connectivity index (χ1) is 34.5. The van der Waals surface area contributed by atoms with Crippen LogP contribution < -0.4 is 32.1 Å². The van der Waals surface area contributed by atoms with Gasteiger partial charge in [0.15, 0.2) is 12.0 Å². The smallest absolute Gasteiger partial charge is 0.293 e. The van der Waals surface area contributed by atoms with E-state index in [-0.39, 0.29) is 78.2 Å². The number of aliphatic hydroxyl groups is 1. The molecule has 0 radical (unpaired) electrons. The Balaban J connectivity index is 0.753. The minimum Gasteiger partial charge on any atom is -0.378 e. The first-order valence-electron chi connectivity index (χ1n) is 24.0. The molecule has 5 aromatic rings. The van der Waals surface area contributed by atoms with Crippen LogP contribution in [0, 0.1) is 6.92 Å². The Morgan fingerprint density at radius 2 is 1.53 bits per heavy atom. The molecule has 0 aliphatic carbocycles. The Kier molecular flexibility index (Phi) is 15.3. The van der Waals surface area contributed by atoms with Crippen molar-refractivity contribution in [3.05, 3.63) is 135 Å². The number of nitrogens with one attached hydrogen (secondary N) is 5. The molecule has 0 saturated carbocycles. The van der Waals surface area contributed by atoms with E-state index in [9.17, 15) is 38.7 Å².